The third-order valence-electron chi connectivity index (χ3n) is 1.56. The van der Waals surface area contributed by atoms with Crippen LogP contribution >= 0.6 is 12.6 Å². The van der Waals surface area contributed by atoms with Crippen LogP contribution < -0.4 is 5.48 Å². The normalized spacial score (nSPS) is 15.9. The van der Waals surface area contributed by atoms with E-state index in [0.29, 0.717) is 19.0 Å². The Balaban J connectivity index is 2.22. The molecular formula is C7H11N2O3S+. The smallest absolute Gasteiger partial charge is 0.253 e. The second-order valence-electron chi connectivity index (χ2n) is 2.41. The summed E-state index contributed by atoms with van der Waals surface area (Å²) < 4.78 is 0. The van der Waals surface area contributed by atoms with Gasteiger partial charge < -0.3 is 0 Å². The first-order chi connectivity index (χ1) is 6.25. The average molecular weight is 203 g/mol. The summed E-state index contributed by atoms with van der Waals surface area (Å²) in [6.07, 6.45) is 2.53. The average Bonchev–Trinajstić information content (AvgIpc) is 2.42. The molecule has 1 heterocycles. The number of imide groups is 1. The lowest BCUT2D eigenvalue weighted by atomic mass is 10.5. The topological polar surface area (TPSA) is 63.2 Å². The number of thiol groups is 1. The number of carbonyl (C=O) groups is 2. The number of rotatable bonds is 5. The lowest BCUT2D eigenvalue weighted by Crippen LogP contribution is -2.84. The Bertz CT molecular complexity index is 224. The van der Waals surface area contributed by atoms with Crippen molar-refractivity contribution in [1.29, 1.82) is 0 Å². The lowest BCUT2D eigenvalue weighted by Gasteiger charge is -2.11. The number of hydrogen-bond donors (Lipinski definition) is 2. The van der Waals surface area contributed by atoms with Crippen LogP contribution in [0.2, 0.25) is 0 Å². The summed E-state index contributed by atoms with van der Waals surface area (Å²) in [4.78, 5) is 28.0. The van der Waals surface area contributed by atoms with Gasteiger partial charge in [0, 0.05) is 12.2 Å². The zero-order valence-corrected chi connectivity index (χ0v) is 7.87. The quantitative estimate of drug-likeness (QED) is 0.184. The molecule has 0 aromatic rings. The third-order valence-corrected chi connectivity index (χ3v) is 1.71. The van der Waals surface area contributed by atoms with Crippen LogP contribution in [0, 0.1) is 0 Å². The Hall–Kier alpha value is -0.850. The van der Waals surface area contributed by atoms with Crippen molar-refractivity contribution >= 4 is 24.4 Å². The maximum Gasteiger partial charge on any atom is 0.253 e. The highest BCUT2D eigenvalue weighted by atomic mass is 32.1. The van der Waals surface area contributed by atoms with Crippen molar-refractivity contribution in [2.24, 2.45) is 0 Å². The molecule has 13 heavy (non-hydrogen) atoms. The number of quaternary nitrogens is 1. The van der Waals surface area contributed by atoms with Crippen molar-refractivity contribution in [2.75, 3.05) is 19.0 Å². The molecule has 1 aliphatic rings. The van der Waals surface area contributed by atoms with Crippen LogP contribution in [0.5, 0.6) is 0 Å². The van der Waals surface area contributed by atoms with E-state index < -0.39 is 0 Å². The molecule has 2 amide bonds. The van der Waals surface area contributed by atoms with Crippen molar-refractivity contribution < 1.29 is 19.9 Å². The first kappa shape index (κ1) is 10.2. The minimum atomic E-state index is -0.260. The van der Waals surface area contributed by atoms with Gasteiger partial charge in [-0.1, -0.05) is 0 Å². The molecule has 1 aliphatic heterocycles. The Morgan fingerprint density at radius 3 is 2.54 bits per heavy atom. The van der Waals surface area contributed by atoms with Gasteiger partial charge in [-0.05, 0) is 0 Å². The van der Waals surface area contributed by atoms with E-state index in [2.05, 4.69) is 12.6 Å². The molecule has 0 saturated heterocycles. The van der Waals surface area contributed by atoms with Crippen LogP contribution in [-0.4, -0.2) is 35.7 Å². The maximum absolute atomic E-state index is 11.0. The molecule has 5 nitrogen and oxygen atoms in total. The van der Waals surface area contributed by atoms with E-state index in [4.69, 9.17) is 4.84 Å². The second kappa shape index (κ2) is 5.00. The van der Waals surface area contributed by atoms with Crippen LogP contribution in [0.3, 0.4) is 0 Å². The molecule has 0 radical (unpaired) electrons. The van der Waals surface area contributed by atoms with Crippen LogP contribution in [0.4, 0.5) is 0 Å². The number of amides is 2. The standard InChI is InChI=1S/C7H10N2O3S/c10-6-1-2-7(11)9(6)4-3-8-12-5-13/h1-2,8,13H,3-5H2/p+1. The summed E-state index contributed by atoms with van der Waals surface area (Å²) in [6.45, 7) is 0.887. The van der Waals surface area contributed by atoms with Crippen molar-refractivity contribution in [3.05, 3.63) is 12.2 Å². The summed E-state index contributed by atoms with van der Waals surface area (Å²) in [7, 11) is 0. The third kappa shape index (κ3) is 2.83. The van der Waals surface area contributed by atoms with Gasteiger partial charge in [0.25, 0.3) is 11.8 Å². The Morgan fingerprint density at radius 1 is 1.38 bits per heavy atom. The van der Waals surface area contributed by atoms with Gasteiger partial charge in [0.1, 0.15) is 12.5 Å². The Kier molecular flexibility index (Phi) is 3.94. The molecule has 2 N–H and O–H groups in total. The predicted octanol–water partition coefficient (Wildman–Crippen LogP) is -1.71. The number of nitrogens with zero attached hydrogens (tertiary/aromatic N) is 1. The van der Waals surface area contributed by atoms with Gasteiger partial charge in [-0.25, -0.2) is 0 Å². The van der Waals surface area contributed by atoms with Crippen molar-refractivity contribution in [1.82, 2.24) is 4.90 Å². The predicted molar refractivity (Wildman–Crippen MR) is 47.6 cm³/mol. The second-order valence-corrected chi connectivity index (χ2v) is 2.67. The SMILES string of the molecule is O=C1C=CC(=O)N1CC[NH2+]OCS. The van der Waals surface area contributed by atoms with Crippen LogP contribution in [0.25, 0.3) is 0 Å². The number of hydrogen-bond acceptors (Lipinski definition) is 4. The molecule has 0 unspecified atom stereocenters. The fourth-order valence-electron chi connectivity index (χ4n) is 0.969. The molecule has 0 aromatic carbocycles. The van der Waals surface area contributed by atoms with E-state index in [1.54, 1.807) is 0 Å². The summed E-state index contributed by atoms with van der Waals surface area (Å²) in [5, 5.41) is 0. The molecule has 0 aliphatic carbocycles. The minimum absolute atomic E-state index is 0.260. The maximum atomic E-state index is 11.0. The van der Waals surface area contributed by atoms with Crippen molar-refractivity contribution in [3.63, 3.8) is 0 Å². The highest BCUT2D eigenvalue weighted by Crippen LogP contribution is 2.00. The van der Waals surface area contributed by atoms with Gasteiger partial charge in [0.05, 0.1) is 6.54 Å². The number of hydroxylamine groups is 1. The molecule has 1 rings (SSSR count). The van der Waals surface area contributed by atoms with E-state index >= 15 is 0 Å². The van der Waals surface area contributed by atoms with E-state index in [9.17, 15) is 9.59 Å². The zero-order chi connectivity index (χ0) is 9.68. The summed E-state index contributed by atoms with van der Waals surface area (Å²) in [6, 6.07) is 0. The summed E-state index contributed by atoms with van der Waals surface area (Å²) in [5.41, 5.74) is 1.53. The van der Waals surface area contributed by atoms with Crippen molar-refractivity contribution in [2.45, 2.75) is 0 Å². The molecule has 0 atom stereocenters. The minimum Gasteiger partial charge on any atom is -0.270 e. The summed E-state index contributed by atoms with van der Waals surface area (Å²) >= 11 is 3.83. The van der Waals surface area contributed by atoms with Gasteiger partial charge in [0.15, 0.2) is 0 Å². The van der Waals surface area contributed by atoms with E-state index in [1.165, 1.54) is 22.5 Å². The Morgan fingerprint density at radius 2 is 2.00 bits per heavy atom. The fraction of sp³-hybridized carbons (Fsp3) is 0.429. The highest BCUT2D eigenvalue weighted by molar-refractivity contribution is 7.80. The van der Waals surface area contributed by atoms with Gasteiger partial charge >= 0.3 is 0 Å². The first-order valence-electron chi connectivity index (χ1n) is 3.83. The molecule has 0 spiro atoms. The molecular weight excluding hydrogens is 192 g/mol. The number of nitrogens with two attached hydrogens (primary N) is 1. The zero-order valence-electron chi connectivity index (χ0n) is 6.97. The largest absolute Gasteiger partial charge is 0.270 e. The molecule has 0 saturated carbocycles. The molecule has 6 heteroatoms. The van der Waals surface area contributed by atoms with E-state index in [0.717, 1.165) is 0 Å². The van der Waals surface area contributed by atoms with Gasteiger partial charge in [-0.15, -0.1) is 12.6 Å². The fourth-order valence-corrected chi connectivity index (χ4v) is 1.07. The van der Waals surface area contributed by atoms with Gasteiger partial charge in [0.2, 0.25) is 0 Å². The van der Waals surface area contributed by atoms with Crippen LogP contribution in [-0.2, 0) is 14.4 Å². The first-order valence-corrected chi connectivity index (χ1v) is 4.46. The van der Waals surface area contributed by atoms with E-state index in [-0.39, 0.29) is 11.8 Å². The van der Waals surface area contributed by atoms with Gasteiger partial charge in [-0.2, -0.15) is 10.3 Å². The molecule has 0 fully saturated rings. The van der Waals surface area contributed by atoms with Crippen molar-refractivity contribution in [3.8, 4) is 0 Å². The monoisotopic (exact) mass is 203 g/mol. The number of carbonyl (C=O) groups excluding carboxylic acids is 2. The highest BCUT2D eigenvalue weighted by Gasteiger charge is 2.22. The molecule has 0 aromatic heterocycles. The Labute approximate surface area is 81.1 Å². The molecule has 72 valence electrons. The molecule has 0 bridgehead atoms. The van der Waals surface area contributed by atoms with E-state index in [1.807, 2.05) is 0 Å². The van der Waals surface area contributed by atoms with Crippen LogP contribution in [0.15, 0.2) is 12.2 Å². The van der Waals surface area contributed by atoms with Gasteiger partial charge in [-0.3, -0.25) is 14.5 Å². The van der Waals surface area contributed by atoms with Crippen LogP contribution in [0.1, 0.15) is 0 Å². The summed E-state index contributed by atoms with van der Waals surface area (Å²) in [5.74, 6) is -0.214. The lowest BCUT2D eigenvalue weighted by molar-refractivity contribution is -0.890.